The highest BCUT2D eigenvalue weighted by molar-refractivity contribution is 6.03. The third kappa shape index (κ3) is 4.51. The Hall–Kier alpha value is -4.80. The number of aromatic nitrogens is 1. The van der Waals surface area contributed by atoms with Crippen LogP contribution in [0.2, 0.25) is 0 Å². The molecule has 0 fully saturated rings. The quantitative estimate of drug-likeness (QED) is 0.370. The molecule has 0 atom stereocenters. The summed E-state index contributed by atoms with van der Waals surface area (Å²) in [7, 11) is 0. The van der Waals surface area contributed by atoms with E-state index in [1.165, 1.54) is 12.4 Å². The van der Waals surface area contributed by atoms with Gasteiger partial charge in [-0.2, -0.15) is 10.2 Å². The molecule has 0 saturated heterocycles. The highest BCUT2D eigenvalue weighted by Gasteiger charge is 2.22. The Labute approximate surface area is 199 Å². The van der Waals surface area contributed by atoms with Crippen molar-refractivity contribution >= 4 is 24.2 Å². The van der Waals surface area contributed by atoms with Crippen LogP contribution in [-0.4, -0.2) is 42.8 Å². The van der Waals surface area contributed by atoms with Crippen molar-refractivity contribution < 1.29 is 28.5 Å². The fourth-order valence-electron chi connectivity index (χ4n) is 3.75. The number of amides is 2. The molecule has 3 heterocycles. The standard InChI is InChI=1S/C24H21N5O6/c1-13-21(23(30)28-25-9-15-3-5-17-19(7-15)34-11-32-17)14(2)27-22(13)24(31)29-26-10-16-4-6-18-20(8-16)35-12-33-18/h3-10,27H,11-12H2,1-2H3,(H,28,30)(H,29,31)/b25-9-,26-10-. The zero-order chi connectivity index (χ0) is 24.4. The first-order valence-corrected chi connectivity index (χ1v) is 10.6. The second-order valence-corrected chi connectivity index (χ2v) is 7.75. The number of H-pyrrole nitrogens is 1. The van der Waals surface area contributed by atoms with Crippen molar-refractivity contribution in [2.75, 3.05) is 13.6 Å². The van der Waals surface area contributed by atoms with E-state index in [2.05, 4.69) is 26.0 Å². The maximum Gasteiger partial charge on any atom is 0.288 e. The number of hydrazone groups is 2. The number of rotatable bonds is 6. The molecule has 3 aromatic rings. The molecule has 2 aliphatic heterocycles. The molecule has 2 aliphatic rings. The van der Waals surface area contributed by atoms with Crippen molar-refractivity contribution in [2.24, 2.45) is 10.2 Å². The Morgan fingerprint density at radius 3 is 1.89 bits per heavy atom. The van der Waals surface area contributed by atoms with Gasteiger partial charge in [0.1, 0.15) is 5.69 Å². The summed E-state index contributed by atoms with van der Waals surface area (Å²) in [5.41, 5.74) is 7.99. The summed E-state index contributed by atoms with van der Waals surface area (Å²) < 4.78 is 21.2. The zero-order valence-corrected chi connectivity index (χ0v) is 18.9. The number of hydrogen-bond acceptors (Lipinski definition) is 8. The van der Waals surface area contributed by atoms with E-state index >= 15 is 0 Å². The lowest BCUT2D eigenvalue weighted by Crippen LogP contribution is -2.21. The van der Waals surface area contributed by atoms with Crippen molar-refractivity contribution in [3.63, 3.8) is 0 Å². The van der Waals surface area contributed by atoms with Gasteiger partial charge in [0, 0.05) is 5.69 Å². The van der Waals surface area contributed by atoms with E-state index in [-0.39, 0.29) is 19.3 Å². The monoisotopic (exact) mass is 475 g/mol. The minimum atomic E-state index is -0.481. The maximum absolute atomic E-state index is 12.7. The lowest BCUT2D eigenvalue weighted by atomic mass is 10.1. The van der Waals surface area contributed by atoms with Crippen molar-refractivity contribution in [3.8, 4) is 23.0 Å². The maximum atomic E-state index is 12.7. The fourth-order valence-corrected chi connectivity index (χ4v) is 3.75. The molecule has 0 spiro atoms. The van der Waals surface area contributed by atoms with Crippen molar-refractivity contribution in [3.05, 3.63) is 70.0 Å². The predicted octanol–water partition coefficient (Wildman–Crippen LogP) is 2.62. The molecule has 1 aromatic heterocycles. The topological polar surface area (TPSA) is 136 Å². The number of nitrogens with zero attached hydrogens (tertiary/aromatic N) is 2. The number of benzene rings is 2. The third-order valence-electron chi connectivity index (χ3n) is 5.44. The first-order chi connectivity index (χ1) is 17.0. The van der Waals surface area contributed by atoms with Gasteiger partial charge in [0.2, 0.25) is 13.6 Å². The van der Waals surface area contributed by atoms with Crippen LogP contribution in [0.15, 0.2) is 46.6 Å². The minimum absolute atomic E-state index is 0.178. The van der Waals surface area contributed by atoms with Crippen molar-refractivity contribution in [2.45, 2.75) is 13.8 Å². The van der Waals surface area contributed by atoms with E-state index in [9.17, 15) is 9.59 Å². The number of fused-ring (bicyclic) bond motifs is 2. The molecule has 0 aliphatic carbocycles. The molecule has 11 nitrogen and oxygen atoms in total. The van der Waals surface area contributed by atoms with Gasteiger partial charge >= 0.3 is 0 Å². The Morgan fingerprint density at radius 2 is 1.31 bits per heavy atom. The van der Waals surface area contributed by atoms with Gasteiger partial charge in [0.25, 0.3) is 11.8 Å². The first kappa shape index (κ1) is 22.0. The number of nitrogens with one attached hydrogen (secondary N) is 3. The predicted molar refractivity (Wildman–Crippen MR) is 126 cm³/mol. The van der Waals surface area contributed by atoms with Crippen LogP contribution in [0.1, 0.15) is 43.2 Å². The van der Waals surface area contributed by atoms with Gasteiger partial charge < -0.3 is 23.9 Å². The molecule has 0 bridgehead atoms. The summed E-state index contributed by atoms with van der Waals surface area (Å²) in [5.74, 6) is 1.63. The second kappa shape index (κ2) is 9.21. The molecule has 0 radical (unpaired) electrons. The van der Waals surface area contributed by atoms with Gasteiger partial charge in [-0.3, -0.25) is 9.59 Å². The summed E-state index contributed by atoms with van der Waals surface area (Å²) in [6.45, 7) is 3.74. The summed E-state index contributed by atoms with van der Waals surface area (Å²) >= 11 is 0. The number of hydrogen-bond donors (Lipinski definition) is 3. The Morgan fingerprint density at radius 1 is 0.800 bits per heavy atom. The number of aryl methyl sites for hydroxylation is 1. The Balaban J connectivity index is 1.22. The molecule has 11 heteroatoms. The van der Waals surface area contributed by atoms with Gasteiger partial charge in [-0.15, -0.1) is 0 Å². The highest BCUT2D eigenvalue weighted by Crippen LogP contribution is 2.32. The van der Waals surface area contributed by atoms with Crippen LogP contribution in [0.5, 0.6) is 23.0 Å². The van der Waals surface area contributed by atoms with Gasteiger partial charge in [-0.25, -0.2) is 10.9 Å². The molecule has 2 aromatic carbocycles. The second-order valence-electron chi connectivity index (χ2n) is 7.75. The average molecular weight is 475 g/mol. The lowest BCUT2D eigenvalue weighted by Gasteiger charge is -2.02. The number of carbonyl (C=O) groups is 2. The molecule has 35 heavy (non-hydrogen) atoms. The fraction of sp³-hybridized carbons (Fsp3) is 0.167. The van der Waals surface area contributed by atoms with E-state index in [1.807, 2.05) is 0 Å². The van der Waals surface area contributed by atoms with Gasteiger partial charge in [0.15, 0.2) is 23.0 Å². The zero-order valence-electron chi connectivity index (χ0n) is 18.9. The average Bonchev–Trinajstić information content (AvgIpc) is 3.57. The normalized spacial score (nSPS) is 13.5. The first-order valence-electron chi connectivity index (χ1n) is 10.6. The summed E-state index contributed by atoms with van der Waals surface area (Å²) in [6.07, 6.45) is 2.99. The largest absolute Gasteiger partial charge is 0.454 e. The van der Waals surface area contributed by atoms with Crippen LogP contribution >= 0.6 is 0 Å². The SMILES string of the molecule is Cc1[nH]c(C(=O)N/N=C\c2ccc3c(c2)OCO3)c(C)c1C(=O)N/N=C\c1ccc2c(c1)OCO2. The molecule has 2 amide bonds. The Kier molecular flexibility index (Phi) is 5.80. The Bertz CT molecular complexity index is 1380. The van der Waals surface area contributed by atoms with Crippen LogP contribution in [-0.2, 0) is 0 Å². The summed E-state index contributed by atoms with van der Waals surface area (Å²) in [5, 5.41) is 8.00. The molecule has 178 valence electrons. The number of aromatic amines is 1. The van der Waals surface area contributed by atoms with E-state index < -0.39 is 11.8 Å². The van der Waals surface area contributed by atoms with E-state index in [0.29, 0.717) is 39.8 Å². The highest BCUT2D eigenvalue weighted by atomic mass is 16.7. The number of ether oxygens (including phenoxy) is 4. The molecular formula is C24H21N5O6. The van der Waals surface area contributed by atoms with E-state index in [1.54, 1.807) is 50.2 Å². The van der Waals surface area contributed by atoms with Crippen LogP contribution < -0.4 is 29.8 Å². The van der Waals surface area contributed by atoms with E-state index in [4.69, 9.17) is 18.9 Å². The van der Waals surface area contributed by atoms with Crippen LogP contribution in [0.4, 0.5) is 0 Å². The van der Waals surface area contributed by atoms with Gasteiger partial charge in [-0.05, 0) is 66.9 Å². The number of carbonyl (C=O) groups excluding carboxylic acids is 2. The van der Waals surface area contributed by atoms with Crippen LogP contribution in [0, 0.1) is 13.8 Å². The molecule has 3 N–H and O–H groups in total. The lowest BCUT2D eigenvalue weighted by molar-refractivity contribution is 0.0948. The van der Waals surface area contributed by atoms with Crippen molar-refractivity contribution in [1.82, 2.24) is 15.8 Å². The summed E-state index contributed by atoms with van der Waals surface area (Å²) in [4.78, 5) is 28.3. The van der Waals surface area contributed by atoms with Crippen molar-refractivity contribution in [1.29, 1.82) is 0 Å². The van der Waals surface area contributed by atoms with Crippen LogP contribution in [0.3, 0.4) is 0 Å². The molecule has 0 unspecified atom stereocenters. The van der Waals surface area contributed by atoms with E-state index in [0.717, 1.165) is 11.1 Å². The molecule has 5 rings (SSSR count). The van der Waals surface area contributed by atoms with Gasteiger partial charge in [0.05, 0.1) is 18.0 Å². The smallest absolute Gasteiger partial charge is 0.288 e. The van der Waals surface area contributed by atoms with Gasteiger partial charge in [-0.1, -0.05) is 0 Å². The minimum Gasteiger partial charge on any atom is -0.454 e. The molecular weight excluding hydrogens is 454 g/mol. The molecule has 0 saturated carbocycles. The van der Waals surface area contributed by atoms with Crippen LogP contribution in [0.25, 0.3) is 0 Å². The summed E-state index contributed by atoms with van der Waals surface area (Å²) in [6, 6.07) is 10.6. The third-order valence-corrected chi connectivity index (χ3v) is 5.44.